The standard InChI is InChI=1S/C17H25FN2O2/c1-2-12(8-9-21)11-19-17(22)20-16-5-3-4-13-10-14(18)6-7-15(13)16/h6-7,10,12,16,21H,2-5,8-9,11H2,1H3,(H2,19,20,22). The zero-order valence-electron chi connectivity index (χ0n) is 13.1. The number of aliphatic hydroxyl groups excluding tert-OH is 1. The van der Waals surface area contributed by atoms with E-state index in [1.165, 1.54) is 6.07 Å². The van der Waals surface area contributed by atoms with Gasteiger partial charge in [0.15, 0.2) is 0 Å². The van der Waals surface area contributed by atoms with Crippen molar-refractivity contribution in [1.29, 1.82) is 0 Å². The molecule has 0 bridgehead atoms. The van der Waals surface area contributed by atoms with E-state index in [2.05, 4.69) is 10.6 Å². The lowest BCUT2D eigenvalue weighted by atomic mass is 9.87. The molecule has 0 aromatic heterocycles. The van der Waals surface area contributed by atoms with Gasteiger partial charge >= 0.3 is 6.03 Å². The Kier molecular flexibility index (Phi) is 6.19. The van der Waals surface area contributed by atoms with Crippen molar-refractivity contribution in [3.05, 3.63) is 35.1 Å². The van der Waals surface area contributed by atoms with Crippen molar-refractivity contribution in [2.45, 2.75) is 45.1 Å². The molecule has 122 valence electrons. The second kappa shape index (κ2) is 8.13. The number of halogens is 1. The van der Waals surface area contributed by atoms with Crippen molar-refractivity contribution in [1.82, 2.24) is 10.6 Å². The van der Waals surface area contributed by atoms with Crippen molar-refractivity contribution in [3.63, 3.8) is 0 Å². The highest BCUT2D eigenvalue weighted by Gasteiger charge is 2.22. The molecule has 1 aliphatic carbocycles. The summed E-state index contributed by atoms with van der Waals surface area (Å²) in [6.07, 6.45) is 4.30. The largest absolute Gasteiger partial charge is 0.396 e. The Balaban J connectivity index is 1.90. The maximum Gasteiger partial charge on any atom is 0.315 e. The van der Waals surface area contributed by atoms with Crippen LogP contribution in [0.15, 0.2) is 18.2 Å². The number of carbonyl (C=O) groups excluding carboxylic acids is 1. The topological polar surface area (TPSA) is 61.4 Å². The summed E-state index contributed by atoms with van der Waals surface area (Å²) in [4.78, 5) is 12.1. The van der Waals surface area contributed by atoms with E-state index in [0.29, 0.717) is 18.9 Å². The molecule has 2 rings (SSSR count). The first-order valence-electron chi connectivity index (χ1n) is 8.07. The Bertz CT molecular complexity index is 507. The zero-order valence-corrected chi connectivity index (χ0v) is 13.1. The molecule has 2 amide bonds. The monoisotopic (exact) mass is 308 g/mol. The number of hydrogen-bond donors (Lipinski definition) is 3. The van der Waals surface area contributed by atoms with Gasteiger partial charge < -0.3 is 15.7 Å². The van der Waals surface area contributed by atoms with Gasteiger partial charge in [0.25, 0.3) is 0 Å². The number of nitrogens with one attached hydrogen (secondary N) is 2. The Morgan fingerprint density at radius 3 is 3.05 bits per heavy atom. The summed E-state index contributed by atoms with van der Waals surface area (Å²) < 4.78 is 13.3. The molecule has 0 saturated heterocycles. The predicted molar refractivity (Wildman–Crippen MR) is 84.1 cm³/mol. The molecule has 1 aromatic carbocycles. The SMILES string of the molecule is CCC(CCO)CNC(=O)NC1CCCc2cc(F)ccc21. The van der Waals surface area contributed by atoms with E-state index in [4.69, 9.17) is 5.11 Å². The first-order valence-corrected chi connectivity index (χ1v) is 8.07. The van der Waals surface area contributed by atoms with Crippen LogP contribution < -0.4 is 10.6 Å². The summed E-state index contributed by atoms with van der Waals surface area (Å²) in [7, 11) is 0. The number of urea groups is 1. The quantitative estimate of drug-likeness (QED) is 0.756. The van der Waals surface area contributed by atoms with Gasteiger partial charge in [0.2, 0.25) is 0 Å². The van der Waals surface area contributed by atoms with Gasteiger partial charge in [-0.05, 0) is 54.9 Å². The molecule has 4 nitrogen and oxygen atoms in total. The maximum absolute atomic E-state index is 13.3. The van der Waals surface area contributed by atoms with Crippen LogP contribution >= 0.6 is 0 Å². The number of benzene rings is 1. The van der Waals surface area contributed by atoms with Crippen LogP contribution in [0.3, 0.4) is 0 Å². The third-order valence-corrected chi connectivity index (χ3v) is 4.39. The predicted octanol–water partition coefficient (Wildman–Crippen LogP) is 2.91. The summed E-state index contributed by atoms with van der Waals surface area (Å²) in [5, 5.41) is 14.8. The molecule has 3 N–H and O–H groups in total. The summed E-state index contributed by atoms with van der Waals surface area (Å²) in [5.74, 6) is 0.0714. The molecule has 5 heteroatoms. The van der Waals surface area contributed by atoms with Crippen LogP contribution in [-0.2, 0) is 6.42 Å². The summed E-state index contributed by atoms with van der Waals surface area (Å²) in [6.45, 7) is 2.75. The number of amides is 2. The van der Waals surface area contributed by atoms with Crippen molar-refractivity contribution >= 4 is 6.03 Å². The van der Waals surface area contributed by atoms with Crippen LogP contribution in [0.5, 0.6) is 0 Å². The van der Waals surface area contributed by atoms with Crippen LogP contribution in [0.25, 0.3) is 0 Å². The van der Waals surface area contributed by atoms with Crippen LogP contribution in [-0.4, -0.2) is 24.3 Å². The van der Waals surface area contributed by atoms with E-state index in [1.807, 2.05) is 6.92 Å². The van der Waals surface area contributed by atoms with Gasteiger partial charge in [0.1, 0.15) is 5.82 Å². The van der Waals surface area contributed by atoms with Crippen LogP contribution in [0.4, 0.5) is 9.18 Å². The third kappa shape index (κ3) is 4.44. The fourth-order valence-electron chi connectivity index (χ4n) is 3.01. The van der Waals surface area contributed by atoms with E-state index in [0.717, 1.165) is 36.8 Å². The Morgan fingerprint density at radius 2 is 2.32 bits per heavy atom. The van der Waals surface area contributed by atoms with Crippen molar-refractivity contribution in [2.24, 2.45) is 5.92 Å². The molecule has 0 saturated carbocycles. The van der Waals surface area contributed by atoms with Crippen LogP contribution in [0.1, 0.15) is 49.8 Å². The number of carbonyl (C=O) groups is 1. The molecule has 2 unspecified atom stereocenters. The van der Waals surface area contributed by atoms with Crippen LogP contribution in [0, 0.1) is 11.7 Å². The van der Waals surface area contributed by atoms with E-state index in [-0.39, 0.29) is 24.5 Å². The first kappa shape index (κ1) is 16.7. The Morgan fingerprint density at radius 1 is 1.50 bits per heavy atom. The van der Waals surface area contributed by atoms with Crippen molar-refractivity contribution in [3.8, 4) is 0 Å². The molecule has 0 aliphatic heterocycles. The molecule has 2 atom stereocenters. The molecular weight excluding hydrogens is 283 g/mol. The minimum absolute atomic E-state index is 0.0535. The normalized spacial score (nSPS) is 18.4. The molecule has 0 radical (unpaired) electrons. The highest BCUT2D eigenvalue weighted by atomic mass is 19.1. The van der Waals surface area contributed by atoms with E-state index >= 15 is 0 Å². The number of aryl methyl sites for hydroxylation is 1. The Hall–Kier alpha value is -1.62. The highest BCUT2D eigenvalue weighted by Crippen LogP contribution is 2.30. The minimum atomic E-state index is -0.223. The second-order valence-corrected chi connectivity index (χ2v) is 5.93. The zero-order chi connectivity index (χ0) is 15.9. The van der Waals surface area contributed by atoms with E-state index < -0.39 is 0 Å². The summed E-state index contributed by atoms with van der Waals surface area (Å²) in [5.41, 5.74) is 2.01. The summed E-state index contributed by atoms with van der Waals surface area (Å²) >= 11 is 0. The lowest BCUT2D eigenvalue weighted by Crippen LogP contribution is -2.41. The summed E-state index contributed by atoms with van der Waals surface area (Å²) in [6, 6.07) is 4.54. The van der Waals surface area contributed by atoms with Crippen molar-refractivity contribution < 1.29 is 14.3 Å². The highest BCUT2D eigenvalue weighted by molar-refractivity contribution is 5.74. The van der Waals surface area contributed by atoms with Gasteiger partial charge in [-0.3, -0.25) is 0 Å². The van der Waals surface area contributed by atoms with Gasteiger partial charge in [-0.2, -0.15) is 0 Å². The molecule has 0 spiro atoms. The Labute approximate surface area is 131 Å². The number of rotatable bonds is 6. The van der Waals surface area contributed by atoms with E-state index in [1.54, 1.807) is 12.1 Å². The number of aliphatic hydroxyl groups is 1. The second-order valence-electron chi connectivity index (χ2n) is 5.93. The van der Waals surface area contributed by atoms with Gasteiger partial charge in [0.05, 0.1) is 6.04 Å². The average Bonchev–Trinajstić information content (AvgIpc) is 2.51. The van der Waals surface area contributed by atoms with E-state index in [9.17, 15) is 9.18 Å². The molecule has 22 heavy (non-hydrogen) atoms. The molecule has 1 aromatic rings. The molecular formula is C17H25FN2O2. The lowest BCUT2D eigenvalue weighted by molar-refractivity contribution is 0.226. The van der Waals surface area contributed by atoms with Crippen LogP contribution in [0.2, 0.25) is 0 Å². The van der Waals surface area contributed by atoms with Gasteiger partial charge in [-0.25, -0.2) is 9.18 Å². The minimum Gasteiger partial charge on any atom is -0.396 e. The fraction of sp³-hybridized carbons (Fsp3) is 0.588. The van der Waals surface area contributed by atoms with Crippen molar-refractivity contribution in [2.75, 3.05) is 13.2 Å². The van der Waals surface area contributed by atoms with Gasteiger partial charge in [0, 0.05) is 13.2 Å². The average molecular weight is 308 g/mol. The lowest BCUT2D eigenvalue weighted by Gasteiger charge is -2.27. The molecule has 1 aliphatic rings. The van der Waals surface area contributed by atoms with Gasteiger partial charge in [-0.1, -0.05) is 19.4 Å². The first-order chi connectivity index (χ1) is 10.6. The smallest absolute Gasteiger partial charge is 0.315 e. The molecule has 0 heterocycles. The fourth-order valence-corrected chi connectivity index (χ4v) is 3.01. The maximum atomic E-state index is 13.3. The number of hydrogen-bond acceptors (Lipinski definition) is 2. The van der Waals surface area contributed by atoms with Gasteiger partial charge in [-0.15, -0.1) is 0 Å². The third-order valence-electron chi connectivity index (χ3n) is 4.39. The molecule has 0 fully saturated rings. The number of fused-ring (bicyclic) bond motifs is 1.